The third-order valence-corrected chi connectivity index (χ3v) is 6.24. The largest absolute Gasteiger partial charge is 0.447 e. The molecule has 1 fully saturated rings. The lowest BCUT2D eigenvalue weighted by Gasteiger charge is -2.32. The maximum atomic E-state index is 12.6. The second-order valence-electron chi connectivity index (χ2n) is 5.84. The van der Waals surface area contributed by atoms with Gasteiger partial charge in [-0.25, -0.2) is 8.42 Å². The van der Waals surface area contributed by atoms with Crippen molar-refractivity contribution in [2.75, 3.05) is 13.1 Å². The molecule has 5 nitrogen and oxygen atoms in total. The zero-order valence-electron chi connectivity index (χ0n) is 13.0. The van der Waals surface area contributed by atoms with Gasteiger partial charge in [-0.1, -0.05) is 27.7 Å². The molecular weight excluding hydrogens is 308 g/mol. The summed E-state index contributed by atoms with van der Waals surface area (Å²) in [5, 5.41) is 3.88. The summed E-state index contributed by atoms with van der Waals surface area (Å²) in [6, 6.07) is 3.62. The fourth-order valence-corrected chi connectivity index (χ4v) is 5.41. The van der Waals surface area contributed by atoms with Gasteiger partial charge in [-0.05, 0) is 12.1 Å². The molecule has 21 heavy (non-hydrogen) atoms. The summed E-state index contributed by atoms with van der Waals surface area (Å²) in [5.41, 5.74) is 0. The normalized spacial score (nSPS) is 24.6. The summed E-state index contributed by atoms with van der Waals surface area (Å²) < 4.78 is 32.3. The molecule has 1 aliphatic heterocycles. The molecule has 7 heteroatoms. The summed E-state index contributed by atoms with van der Waals surface area (Å²) in [7, 11) is -3.52. The maximum absolute atomic E-state index is 12.6. The van der Waals surface area contributed by atoms with Gasteiger partial charge in [0.1, 0.15) is 5.76 Å². The van der Waals surface area contributed by atoms with Crippen molar-refractivity contribution in [1.82, 2.24) is 9.62 Å². The van der Waals surface area contributed by atoms with Gasteiger partial charge in [0.2, 0.25) is 5.09 Å². The molecule has 1 aliphatic rings. The van der Waals surface area contributed by atoms with E-state index in [0.717, 1.165) is 0 Å². The molecule has 0 amide bonds. The predicted octanol–water partition coefficient (Wildman–Crippen LogP) is 2.29. The summed E-state index contributed by atoms with van der Waals surface area (Å²) in [4.78, 5) is 0. The van der Waals surface area contributed by atoms with E-state index in [2.05, 4.69) is 19.2 Å². The van der Waals surface area contributed by atoms with Crippen LogP contribution in [-0.4, -0.2) is 42.4 Å². The van der Waals surface area contributed by atoms with Gasteiger partial charge in [-0.3, -0.25) is 0 Å². The fraction of sp³-hybridized carbons (Fsp3) is 0.714. The van der Waals surface area contributed by atoms with Crippen LogP contribution in [0.3, 0.4) is 0 Å². The smallest absolute Gasteiger partial charge is 0.276 e. The van der Waals surface area contributed by atoms with E-state index < -0.39 is 10.0 Å². The third kappa shape index (κ3) is 4.25. The van der Waals surface area contributed by atoms with Crippen molar-refractivity contribution in [2.45, 2.75) is 55.9 Å². The van der Waals surface area contributed by atoms with Crippen molar-refractivity contribution in [2.24, 2.45) is 0 Å². The van der Waals surface area contributed by atoms with Crippen LogP contribution in [0, 0.1) is 0 Å². The summed E-state index contributed by atoms with van der Waals surface area (Å²) in [6.45, 7) is 9.81. The van der Waals surface area contributed by atoms with E-state index in [1.807, 2.05) is 25.6 Å². The van der Waals surface area contributed by atoms with Crippen molar-refractivity contribution in [3.63, 3.8) is 0 Å². The van der Waals surface area contributed by atoms with E-state index in [0.29, 0.717) is 41.9 Å². The van der Waals surface area contributed by atoms with Crippen LogP contribution in [0.15, 0.2) is 21.6 Å². The van der Waals surface area contributed by atoms with Gasteiger partial charge in [0, 0.05) is 29.6 Å². The lowest BCUT2D eigenvalue weighted by Crippen LogP contribution is -2.43. The Hall–Kier alpha value is -0.500. The molecule has 0 bridgehead atoms. The molecule has 2 unspecified atom stereocenters. The quantitative estimate of drug-likeness (QED) is 0.896. The Kier molecular flexibility index (Phi) is 5.40. The minimum absolute atomic E-state index is 0.0503. The van der Waals surface area contributed by atoms with E-state index in [1.165, 1.54) is 4.31 Å². The van der Waals surface area contributed by atoms with Crippen LogP contribution < -0.4 is 5.32 Å². The molecule has 2 rings (SSSR count). The lowest BCUT2D eigenvalue weighted by atomic mass is 10.3. The van der Waals surface area contributed by atoms with Crippen molar-refractivity contribution in [3.05, 3.63) is 17.9 Å². The van der Waals surface area contributed by atoms with Crippen LogP contribution in [0.2, 0.25) is 0 Å². The number of thioether (sulfide) groups is 1. The van der Waals surface area contributed by atoms with Crippen LogP contribution in [0.4, 0.5) is 0 Å². The zero-order chi connectivity index (χ0) is 15.6. The van der Waals surface area contributed by atoms with Crippen molar-refractivity contribution < 1.29 is 12.8 Å². The average Bonchev–Trinajstić information content (AvgIpc) is 2.84. The Morgan fingerprint density at radius 2 is 1.95 bits per heavy atom. The zero-order valence-corrected chi connectivity index (χ0v) is 14.6. The third-order valence-electron chi connectivity index (χ3n) is 3.30. The predicted molar refractivity (Wildman–Crippen MR) is 86.0 cm³/mol. The number of hydrogen-bond donors (Lipinski definition) is 1. The Labute approximate surface area is 131 Å². The molecule has 0 radical (unpaired) electrons. The highest BCUT2D eigenvalue weighted by atomic mass is 32.2. The minimum atomic E-state index is -3.52. The fourth-order valence-electron chi connectivity index (χ4n) is 2.35. The highest BCUT2D eigenvalue weighted by Gasteiger charge is 2.33. The van der Waals surface area contributed by atoms with Crippen LogP contribution in [0.25, 0.3) is 0 Å². The van der Waals surface area contributed by atoms with Gasteiger partial charge in [-0.2, -0.15) is 16.1 Å². The Morgan fingerprint density at radius 3 is 2.52 bits per heavy atom. The van der Waals surface area contributed by atoms with Gasteiger partial charge < -0.3 is 9.73 Å². The second kappa shape index (κ2) is 6.73. The van der Waals surface area contributed by atoms with E-state index >= 15 is 0 Å². The number of hydrogen-bond acceptors (Lipinski definition) is 5. The van der Waals surface area contributed by atoms with Crippen LogP contribution in [0.1, 0.15) is 33.5 Å². The second-order valence-corrected chi connectivity index (χ2v) is 9.59. The Morgan fingerprint density at radius 1 is 1.33 bits per heavy atom. The molecule has 1 aromatic heterocycles. The highest BCUT2D eigenvalue weighted by molar-refractivity contribution is 8.00. The maximum Gasteiger partial charge on any atom is 0.276 e. The van der Waals surface area contributed by atoms with E-state index in [1.54, 1.807) is 12.1 Å². The molecule has 2 heterocycles. The number of furan rings is 1. The molecule has 120 valence electrons. The molecule has 1 aromatic rings. The number of rotatable bonds is 5. The van der Waals surface area contributed by atoms with Gasteiger partial charge in [0.25, 0.3) is 10.0 Å². The molecule has 0 aromatic carbocycles. The first kappa shape index (κ1) is 16.9. The average molecular weight is 332 g/mol. The van der Waals surface area contributed by atoms with Crippen molar-refractivity contribution in [1.29, 1.82) is 0 Å². The van der Waals surface area contributed by atoms with Crippen LogP contribution >= 0.6 is 11.8 Å². The first-order valence-electron chi connectivity index (χ1n) is 7.26. The van der Waals surface area contributed by atoms with Gasteiger partial charge in [-0.15, -0.1) is 0 Å². The van der Waals surface area contributed by atoms with E-state index in [4.69, 9.17) is 4.42 Å². The molecular formula is C14H24N2O3S2. The van der Waals surface area contributed by atoms with Crippen molar-refractivity contribution in [3.8, 4) is 0 Å². The highest BCUT2D eigenvalue weighted by Crippen LogP contribution is 2.29. The van der Waals surface area contributed by atoms with Gasteiger partial charge in [0.05, 0.1) is 6.54 Å². The van der Waals surface area contributed by atoms with Gasteiger partial charge >= 0.3 is 0 Å². The standard InChI is InChI=1S/C14H24N2O3S2/c1-10(2)15-7-13-5-6-14(19-13)21(17,18)16-8-11(3)20-12(4)9-16/h5-6,10-12,15H,7-9H2,1-4H3. The molecule has 0 saturated carbocycles. The first-order valence-corrected chi connectivity index (χ1v) is 9.65. The van der Waals surface area contributed by atoms with E-state index in [-0.39, 0.29) is 5.09 Å². The van der Waals surface area contributed by atoms with Crippen LogP contribution in [-0.2, 0) is 16.6 Å². The van der Waals surface area contributed by atoms with Crippen LogP contribution in [0.5, 0.6) is 0 Å². The van der Waals surface area contributed by atoms with E-state index in [9.17, 15) is 8.42 Å². The summed E-state index contributed by atoms with van der Waals surface area (Å²) in [6.07, 6.45) is 0. The first-order chi connectivity index (χ1) is 9.79. The number of sulfonamides is 1. The monoisotopic (exact) mass is 332 g/mol. The molecule has 0 spiro atoms. The Bertz CT molecular complexity index is 559. The Balaban J connectivity index is 2.12. The molecule has 1 N–H and O–H groups in total. The summed E-state index contributed by atoms with van der Waals surface area (Å²) >= 11 is 1.83. The molecule has 1 saturated heterocycles. The SMILES string of the molecule is CC(C)NCc1ccc(S(=O)(=O)N2CC(C)SC(C)C2)o1. The number of nitrogens with zero attached hydrogens (tertiary/aromatic N) is 1. The topological polar surface area (TPSA) is 62.6 Å². The molecule has 2 atom stereocenters. The van der Waals surface area contributed by atoms with Crippen molar-refractivity contribution >= 4 is 21.8 Å². The minimum Gasteiger partial charge on any atom is -0.447 e. The number of nitrogens with one attached hydrogen (secondary N) is 1. The molecule has 0 aliphatic carbocycles. The summed E-state index contributed by atoms with van der Waals surface area (Å²) in [5.74, 6) is 0.648. The van der Waals surface area contributed by atoms with Gasteiger partial charge in [0.15, 0.2) is 0 Å². The lowest BCUT2D eigenvalue weighted by molar-refractivity contribution is 0.357.